The molecule has 2 unspecified atom stereocenters. The molecule has 40 heavy (non-hydrogen) atoms. The zero-order chi connectivity index (χ0) is 28.7. The van der Waals surface area contributed by atoms with Gasteiger partial charge >= 0.3 is 6.18 Å². The lowest BCUT2D eigenvalue weighted by Crippen LogP contribution is -2.30. The van der Waals surface area contributed by atoms with Crippen LogP contribution in [0.4, 0.5) is 24.5 Å². The first-order valence-corrected chi connectivity index (χ1v) is 14.3. The van der Waals surface area contributed by atoms with Crippen LogP contribution in [0.2, 0.25) is 0 Å². The van der Waals surface area contributed by atoms with Gasteiger partial charge in [-0.25, -0.2) is 8.42 Å². The minimum atomic E-state index is -4.50. The van der Waals surface area contributed by atoms with E-state index in [1.54, 1.807) is 53.4 Å². The monoisotopic (exact) mass is 587 g/mol. The van der Waals surface area contributed by atoms with Gasteiger partial charge in [-0.3, -0.25) is 9.71 Å². The van der Waals surface area contributed by atoms with Gasteiger partial charge in [0.1, 0.15) is 11.8 Å². The molecule has 0 spiro atoms. The van der Waals surface area contributed by atoms with Crippen molar-refractivity contribution < 1.29 is 26.3 Å². The molecule has 2 aromatic carbocycles. The Bertz CT molecular complexity index is 1660. The van der Waals surface area contributed by atoms with E-state index in [1.807, 2.05) is 23.1 Å². The molecule has 0 radical (unpaired) electrons. The molecule has 1 saturated heterocycles. The van der Waals surface area contributed by atoms with Crippen molar-refractivity contribution in [1.29, 1.82) is 0 Å². The van der Waals surface area contributed by atoms with Crippen LogP contribution in [-0.4, -0.2) is 36.4 Å². The lowest BCUT2D eigenvalue weighted by molar-refractivity contribution is -0.137. The van der Waals surface area contributed by atoms with Crippen LogP contribution in [0.15, 0.2) is 85.2 Å². The fourth-order valence-electron chi connectivity index (χ4n) is 4.75. The number of nitrogens with one attached hydrogen (secondary N) is 2. The highest BCUT2D eigenvalue weighted by Gasteiger charge is 2.42. The predicted octanol–water partition coefficient (Wildman–Crippen LogP) is 5.45. The van der Waals surface area contributed by atoms with E-state index in [4.69, 9.17) is 17.0 Å². The van der Waals surface area contributed by atoms with Crippen molar-refractivity contribution in [1.82, 2.24) is 14.9 Å². The first kappa shape index (κ1) is 27.5. The summed E-state index contributed by atoms with van der Waals surface area (Å²) in [4.78, 5) is 6.33. The predicted molar refractivity (Wildman–Crippen MR) is 150 cm³/mol. The van der Waals surface area contributed by atoms with Gasteiger partial charge < -0.3 is 19.5 Å². The van der Waals surface area contributed by atoms with E-state index in [-0.39, 0.29) is 11.4 Å². The number of hydrogen-bond acceptors (Lipinski definition) is 5. The number of pyridine rings is 1. The van der Waals surface area contributed by atoms with E-state index in [0.717, 1.165) is 18.4 Å². The van der Waals surface area contributed by atoms with Gasteiger partial charge in [0, 0.05) is 35.5 Å². The van der Waals surface area contributed by atoms with Crippen LogP contribution in [0.3, 0.4) is 0 Å². The topological polar surface area (TPSA) is 88.5 Å². The number of hydrogen-bond donors (Lipinski definition) is 2. The maximum atomic E-state index is 13.5. The highest BCUT2D eigenvalue weighted by molar-refractivity contribution is 7.92. The van der Waals surface area contributed by atoms with Crippen molar-refractivity contribution in [3.05, 3.63) is 102 Å². The Labute approximate surface area is 234 Å². The summed E-state index contributed by atoms with van der Waals surface area (Å²) < 4.78 is 73.8. The second kappa shape index (κ2) is 10.5. The average molecular weight is 588 g/mol. The van der Waals surface area contributed by atoms with E-state index in [2.05, 4.69) is 15.0 Å². The van der Waals surface area contributed by atoms with E-state index >= 15 is 0 Å². The van der Waals surface area contributed by atoms with Crippen LogP contribution in [0.1, 0.15) is 29.0 Å². The lowest BCUT2D eigenvalue weighted by Gasteiger charge is -2.29. The molecule has 2 atom stereocenters. The Morgan fingerprint density at radius 1 is 1.02 bits per heavy atom. The standard InChI is InChI=1S/C27H24F3N5O3S2/c1-38-23-16-19(11-12-20(23)33-40(2,36)37)35-25(24(32-26(35)39)21-9-3-4-13-31-21)22-10-6-14-34(22)18-8-5-7-17(15-18)27(28,29)30/h3-16,24-25,33H,1-2H3,(H,32,39). The molecular weight excluding hydrogens is 563 g/mol. The Morgan fingerprint density at radius 2 is 1.82 bits per heavy atom. The van der Waals surface area contributed by atoms with Crippen molar-refractivity contribution in [2.24, 2.45) is 0 Å². The number of aromatic nitrogens is 2. The van der Waals surface area contributed by atoms with Gasteiger partial charge in [0.15, 0.2) is 5.11 Å². The van der Waals surface area contributed by atoms with E-state index in [9.17, 15) is 21.6 Å². The van der Waals surface area contributed by atoms with Gasteiger partial charge in [0.25, 0.3) is 0 Å². The van der Waals surface area contributed by atoms with Crippen LogP contribution in [0.5, 0.6) is 5.75 Å². The van der Waals surface area contributed by atoms with Crippen molar-refractivity contribution in [3.63, 3.8) is 0 Å². The number of ether oxygens (including phenoxy) is 1. The SMILES string of the molecule is COc1cc(N2C(=S)NC(c3ccccn3)C2c2cccn2-c2cccc(C(F)(F)F)c2)ccc1NS(C)(=O)=O. The fourth-order valence-corrected chi connectivity index (χ4v) is 5.66. The van der Waals surface area contributed by atoms with Gasteiger partial charge in [-0.2, -0.15) is 13.2 Å². The zero-order valence-electron chi connectivity index (χ0n) is 21.3. The Balaban J connectivity index is 1.65. The second-order valence-corrected chi connectivity index (χ2v) is 11.2. The molecule has 0 aliphatic carbocycles. The second-order valence-electron chi connectivity index (χ2n) is 9.11. The third-order valence-electron chi connectivity index (χ3n) is 6.39. The first-order chi connectivity index (χ1) is 19.0. The summed E-state index contributed by atoms with van der Waals surface area (Å²) in [5.74, 6) is 0.263. The summed E-state index contributed by atoms with van der Waals surface area (Å²) in [7, 11) is -2.15. The molecule has 3 heterocycles. The molecule has 208 valence electrons. The fraction of sp³-hybridized carbons (Fsp3) is 0.185. The Kier molecular flexibility index (Phi) is 7.19. The molecule has 1 aliphatic rings. The van der Waals surface area contributed by atoms with Crippen LogP contribution in [0.25, 0.3) is 5.69 Å². The molecule has 0 bridgehead atoms. The van der Waals surface area contributed by atoms with Gasteiger partial charge in [-0.15, -0.1) is 0 Å². The number of alkyl halides is 3. The highest BCUT2D eigenvalue weighted by Crippen LogP contribution is 2.44. The van der Waals surface area contributed by atoms with Gasteiger partial charge in [0.05, 0.1) is 36.4 Å². The number of anilines is 2. The number of benzene rings is 2. The van der Waals surface area contributed by atoms with Gasteiger partial charge in [-0.1, -0.05) is 12.1 Å². The van der Waals surface area contributed by atoms with Crippen LogP contribution < -0.4 is 19.7 Å². The van der Waals surface area contributed by atoms with Crippen LogP contribution >= 0.6 is 12.2 Å². The number of thiocarbonyl (C=S) groups is 1. The Morgan fingerprint density at radius 3 is 2.50 bits per heavy atom. The van der Waals surface area contributed by atoms with E-state index in [0.29, 0.717) is 27.9 Å². The number of methoxy groups -OCH3 is 1. The van der Waals surface area contributed by atoms with E-state index < -0.39 is 33.8 Å². The number of rotatable bonds is 7. The highest BCUT2D eigenvalue weighted by atomic mass is 32.2. The minimum Gasteiger partial charge on any atom is -0.494 e. The summed E-state index contributed by atoms with van der Waals surface area (Å²) in [6, 6.07) is 18.0. The van der Waals surface area contributed by atoms with Crippen molar-refractivity contribution in [2.75, 3.05) is 23.0 Å². The molecule has 0 saturated carbocycles. The van der Waals surface area contributed by atoms with Crippen LogP contribution in [0, 0.1) is 0 Å². The largest absolute Gasteiger partial charge is 0.494 e. The smallest absolute Gasteiger partial charge is 0.416 e. The van der Waals surface area contributed by atoms with Gasteiger partial charge in [0.2, 0.25) is 10.0 Å². The third-order valence-corrected chi connectivity index (χ3v) is 7.30. The number of sulfonamides is 1. The zero-order valence-corrected chi connectivity index (χ0v) is 22.9. The maximum Gasteiger partial charge on any atom is 0.416 e. The molecule has 2 aromatic heterocycles. The molecule has 4 aromatic rings. The summed E-state index contributed by atoms with van der Waals surface area (Å²) in [6.45, 7) is 0. The van der Waals surface area contributed by atoms with E-state index in [1.165, 1.54) is 13.2 Å². The molecule has 5 rings (SSSR count). The maximum absolute atomic E-state index is 13.5. The average Bonchev–Trinajstić information content (AvgIpc) is 3.52. The van der Waals surface area contributed by atoms with Gasteiger partial charge in [-0.05, 0) is 66.8 Å². The normalized spacial score (nSPS) is 17.5. The Hall–Kier alpha value is -4.10. The summed E-state index contributed by atoms with van der Waals surface area (Å²) in [5, 5.41) is 3.66. The molecule has 2 N–H and O–H groups in total. The number of nitrogens with zero attached hydrogens (tertiary/aromatic N) is 3. The summed E-state index contributed by atoms with van der Waals surface area (Å²) in [6.07, 6.45) is -0.115. The minimum absolute atomic E-state index is 0.247. The molecule has 8 nitrogen and oxygen atoms in total. The number of halogens is 3. The summed E-state index contributed by atoms with van der Waals surface area (Å²) >= 11 is 5.76. The first-order valence-electron chi connectivity index (χ1n) is 12.0. The van der Waals surface area contributed by atoms with Crippen molar-refractivity contribution in [3.8, 4) is 11.4 Å². The quantitative estimate of drug-likeness (QED) is 0.278. The van der Waals surface area contributed by atoms with Crippen LogP contribution in [-0.2, 0) is 16.2 Å². The summed E-state index contributed by atoms with van der Waals surface area (Å²) in [5.41, 5.74) is 1.72. The molecule has 1 aliphatic heterocycles. The molecular formula is C27H24F3N5O3S2. The molecule has 1 fully saturated rings. The lowest BCUT2D eigenvalue weighted by atomic mass is 10.0. The van der Waals surface area contributed by atoms with Crippen molar-refractivity contribution in [2.45, 2.75) is 18.3 Å². The molecule has 13 heteroatoms. The molecule has 0 amide bonds. The van der Waals surface area contributed by atoms with Crippen molar-refractivity contribution >= 4 is 38.7 Å². The third kappa shape index (κ3) is 5.47.